The van der Waals surface area contributed by atoms with Crippen LogP contribution in [0, 0.1) is 0 Å². The second kappa shape index (κ2) is 12.2. The van der Waals surface area contributed by atoms with E-state index in [1.165, 1.54) is 54.3 Å². The van der Waals surface area contributed by atoms with Crippen LogP contribution in [0.15, 0.2) is 65.3 Å². The van der Waals surface area contributed by atoms with Gasteiger partial charge in [0, 0.05) is 32.5 Å². The van der Waals surface area contributed by atoms with Crippen molar-refractivity contribution in [3.05, 3.63) is 70.8 Å². The van der Waals surface area contributed by atoms with Gasteiger partial charge in [-0.25, -0.2) is 33.0 Å². The van der Waals surface area contributed by atoms with Crippen LogP contribution in [0.1, 0.15) is 36.0 Å². The standard InChI is InChI=1S/C29H27N5O7S3/c1-29(2,3)41-28(37)31-13-19-8-18(14-42-19)24-25-21(32-15-33-24)11-23(43-25)17-10-22(26(40-4)30-12-17)34-44(38,39)20-7-5-6-16(9-20)27(35)36/h5-12,14-15,34H,13H2,1-4H3,(H,31,37)(H,35,36). The normalized spacial score (nSPS) is 11.7. The van der Waals surface area contributed by atoms with E-state index in [9.17, 15) is 23.1 Å². The minimum Gasteiger partial charge on any atom is -0.480 e. The highest BCUT2D eigenvalue weighted by atomic mass is 32.2. The van der Waals surface area contributed by atoms with E-state index in [-0.39, 0.29) is 22.0 Å². The molecule has 0 atom stereocenters. The molecule has 0 spiro atoms. The van der Waals surface area contributed by atoms with Crippen molar-refractivity contribution in [3.8, 4) is 27.6 Å². The van der Waals surface area contributed by atoms with Crippen molar-refractivity contribution < 1.29 is 32.6 Å². The van der Waals surface area contributed by atoms with Crippen LogP contribution in [-0.2, 0) is 21.3 Å². The fourth-order valence-electron chi connectivity index (χ4n) is 4.10. The second-order valence-corrected chi connectivity index (χ2v) is 14.2. The molecule has 1 aromatic carbocycles. The van der Waals surface area contributed by atoms with E-state index in [0.29, 0.717) is 23.3 Å². The van der Waals surface area contributed by atoms with Gasteiger partial charge in [0.15, 0.2) is 0 Å². The number of fused-ring (bicyclic) bond motifs is 1. The first-order valence-electron chi connectivity index (χ1n) is 13.0. The molecule has 0 aliphatic carbocycles. The molecule has 5 aromatic rings. The molecule has 0 aliphatic heterocycles. The summed E-state index contributed by atoms with van der Waals surface area (Å²) in [5.74, 6) is -1.20. The third kappa shape index (κ3) is 6.96. The molecule has 0 aliphatic rings. The molecule has 228 valence electrons. The molecule has 15 heteroatoms. The maximum Gasteiger partial charge on any atom is 0.407 e. The lowest BCUT2D eigenvalue weighted by molar-refractivity contribution is 0.0523. The summed E-state index contributed by atoms with van der Waals surface area (Å²) < 4.78 is 40.2. The quantitative estimate of drug-likeness (QED) is 0.171. The number of sulfonamides is 1. The van der Waals surface area contributed by atoms with Crippen LogP contribution in [0.3, 0.4) is 0 Å². The van der Waals surface area contributed by atoms with E-state index in [2.05, 4.69) is 25.0 Å². The first-order chi connectivity index (χ1) is 20.8. The van der Waals surface area contributed by atoms with Gasteiger partial charge in [-0.3, -0.25) is 4.72 Å². The molecule has 0 saturated carbocycles. The maximum absolute atomic E-state index is 13.1. The SMILES string of the molecule is COc1ncc(-c2cc3ncnc(-c4csc(CNC(=O)OC(C)(C)C)c4)c3s2)cc1NS(=O)(=O)c1cccc(C(=O)O)c1. The Bertz CT molecular complexity index is 1980. The molecule has 0 unspecified atom stereocenters. The number of carbonyl (C=O) groups excluding carboxylic acids is 1. The Hall–Kier alpha value is -4.60. The molecule has 0 saturated heterocycles. The number of benzene rings is 1. The zero-order valence-corrected chi connectivity index (χ0v) is 26.4. The number of carboxylic acids is 1. The molecular weight excluding hydrogens is 627 g/mol. The summed E-state index contributed by atoms with van der Waals surface area (Å²) in [5.41, 5.74) is 2.20. The predicted molar refractivity (Wildman–Crippen MR) is 168 cm³/mol. The monoisotopic (exact) mass is 653 g/mol. The summed E-state index contributed by atoms with van der Waals surface area (Å²) in [4.78, 5) is 38.1. The number of amides is 1. The molecule has 1 amide bonds. The Morgan fingerprint density at radius 1 is 1.05 bits per heavy atom. The summed E-state index contributed by atoms with van der Waals surface area (Å²) in [6.45, 7) is 5.71. The van der Waals surface area contributed by atoms with Gasteiger partial charge in [-0.1, -0.05) is 6.07 Å². The number of alkyl carbamates (subject to hydrolysis) is 1. The van der Waals surface area contributed by atoms with Gasteiger partial charge in [0.25, 0.3) is 10.0 Å². The Balaban J connectivity index is 1.42. The van der Waals surface area contributed by atoms with Gasteiger partial charge < -0.3 is 19.9 Å². The maximum atomic E-state index is 13.1. The number of anilines is 1. The van der Waals surface area contributed by atoms with Crippen molar-refractivity contribution in [1.82, 2.24) is 20.3 Å². The zero-order valence-electron chi connectivity index (χ0n) is 23.9. The number of hydrogen-bond donors (Lipinski definition) is 3. The summed E-state index contributed by atoms with van der Waals surface area (Å²) in [6.07, 6.45) is 2.54. The molecule has 0 radical (unpaired) electrons. The molecule has 0 fully saturated rings. The zero-order chi connectivity index (χ0) is 31.6. The lowest BCUT2D eigenvalue weighted by atomic mass is 10.2. The van der Waals surface area contributed by atoms with Crippen LogP contribution in [0.2, 0.25) is 0 Å². The van der Waals surface area contributed by atoms with Crippen LogP contribution in [-0.4, -0.2) is 53.2 Å². The summed E-state index contributed by atoms with van der Waals surface area (Å²) >= 11 is 2.89. The van der Waals surface area contributed by atoms with Crippen molar-refractivity contribution in [3.63, 3.8) is 0 Å². The van der Waals surface area contributed by atoms with Gasteiger partial charge in [0.1, 0.15) is 17.6 Å². The summed E-state index contributed by atoms with van der Waals surface area (Å²) in [5, 5.41) is 14.0. The van der Waals surface area contributed by atoms with Crippen LogP contribution in [0.5, 0.6) is 5.88 Å². The molecule has 4 heterocycles. The van der Waals surface area contributed by atoms with Gasteiger partial charge in [-0.05, 0) is 57.2 Å². The number of hydrogen-bond acceptors (Lipinski definition) is 11. The second-order valence-electron chi connectivity index (χ2n) is 10.4. The van der Waals surface area contributed by atoms with Gasteiger partial charge in [0.05, 0.1) is 40.0 Å². The average molecular weight is 654 g/mol. The Morgan fingerprint density at radius 2 is 1.84 bits per heavy atom. The highest BCUT2D eigenvalue weighted by Gasteiger charge is 2.21. The molecule has 44 heavy (non-hydrogen) atoms. The number of nitrogens with one attached hydrogen (secondary N) is 2. The predicted octanol–water partition coefficient (Wildman–Crippen LogP) is 6.01. The minimum atomic E-state index is -4.17. The number of carbonyl (C=O) groups is 2. The number of carboxylic acid groups (broad SMARTS) is 1. The molecule has 0 bridgehead atoms. The molecule has 4 aromatic heterocycles. The fraction of sp³-hybridized carbons (Fsp3) is 0.207. The van der Waals surface area contributed by atoms with Gasteiger partial charge in [-0.2, -0.15) is 0 Å². The van der Waals surface area contributed by atoms with Crippen LogP contribution in [0.4, 0.5) is 10.5 Å². The first-order valence-corrected chi connectivity index (χ1v) is 16.2. The Labute approximate surface area is 260 Å². The van der Waals surface area contributed by atoms with Crippen LogP contribution >= 0.6 is 22.7 Å². The summed E-state index contributed by atoms with van der Waals surface area (Å²) in [6, 6.07) is 10.4. The number of methoxy groups -OCH3 is 1. The average Bonchev–Trinajstić information content (AvgIpc) is 3.62. The van der Waals surface area contributed by atoms with E-state index in [4.69, 9.17) is 9.47 Å². The lowest BCUT2D eigenvalue weighted by Gasteiger charge is -2.19. The lowest BCUT2D eigenvalue weighted by Crippen LogP contribution is -2.31. The highest BCUT2D eigenvalue weighted by Crippen LogP contribution is 2.40. The van der Waals surface area contributed by atoms with Crippen molar-refractivity contribution in [2.24, 2.45) is 0 Å². The van der Waals surface area contributed by atoms with Crippen molar-refractivity contribution in [2.45, 2.75) is 37.8 Å². The number of ether oxygens (including phenoxy) is 2. The number of aromatic carboxylic acids is 1. The Morgan fingerprint density at radius 3 is 2.57 bits per heavy atom. The molecule has 5 rings (SSSR count). The molecule has 12 nitrogen and oxygen atoms in total. The van der Waals surface area contributed by atoms with E-state index in [1.807, 2.05) is 17.5 Å². The minimum absolute atomic E-state index is 0.0408. The molecular formula is C29H27N5O7S3. The van der Waals surface area contributed by atoms with Crippen molar-refractivity contribution in [1.29, 1.82) is 0 Å². The summed E-state index contributed by atoms with van der Waals surface area (Å²) in [7, 11) is -2.81. The van der Waals surface area contributed by atoms with Gasteiger partial charge in [0.2, 0.25) is 5.88 Å². The van der Waals surface area contributed by atoms with E-state index in [1.54, 1.807) is 33.0 Å². The van der Waals surface area contributed by atoms with Crippen LogP contribution in [0.25, 0.3) is 31.9 Å². The number of thiophene rings is 2. The highest BCUT2D eigenvalue weighted by molar-refractivity contribution is 7.92. The van der Waals surface area contributed by atoms with Crippen LogP contribution < -0.4 is 14.8 Å². The van der Waals surface area contributed by atoms with E-state index in [0.717, 1.165) is 26.1 Å². The van der Waals surface area contributed by atoms with E-state index >= 15 is 0 Å². The third-order valence-electron chi connectivity index (χ3n) is 6.01. The van der Waals surface area contributed by atoms with E-state index < -0.39 is 27.7 Å². The smallest absolute Gasteiger partial charge is 0.407 e. The topological polar surface area (TPSA) is 170 Å². The fourth-order valence-corrected chi connectivity index (χ4v) is 7.10. The van der Waals surface area contributed by atoms with Crippen molar-refractivity contribution in [2.75, 3.05) is 11.8 Å². The number of aromatic nitrogens is 3. The van der Waals surface area contributed by atoms with Crippen molar-refractivity contribution >= 4 is 60.7 Å². The van der Waals surface area contributed by atoms with Gasteiger partial charge in [-0.15, -0.1) is 22.7 Å². The largest absolute Gasteiger partial charge is 0.480 e. The first kappa shape index (κ1) is 30.8. The number of pyridine rings is 1. The third-order valence-corrected chi connectivity index (χ3v) is 9.49. The Kier molecular flexibility index (Phi) is 8.54. The van der Waals surface area contributed by atoms with Gasteiger partial charge >= 0.3 is 12.1 Å². The molecule has 3 N–H and O–H groups in total. The number of rotatable bonds is 9. The number of nitrogens with zero attached hydrogens (tertiary/aromatic N) is 3.